The largest absolute Gasteiger partial charge is 0.296 e. The highest BCUT2D eigenvalue weighted by Crippen LogP contribution is 2.39. The van der Waals surface area contributed by atoms with E-state index in [4.69, 9.17) is 5.26 Å². The summed E-state index contributed by atoms with van der Waals surface area (Å²) in [4.78, 5) is 2.64. The zero-order chi connectivity index (χ0) is 21.8. The van der Waals surface area contributed by atoms with Crippen LogP contribution in [0.3, 0.4) is 0 Å². The first-order valence-electron chi connectivity index (χ1n) is 11.4. The molecule has 0 heterocycles. The van der Waals surface area contributed by atoms with E-state index in [1.165, 1.54) is 42.9 Å². The smallest absolute Gasteiger partial charge is 0.107 e. The molecule has 0 aromatic heterocycles. The van der Waals surface area contributed by atoms with Crippen LogP contribution in [0.15, 0.2) is 54.6 Å². The van der Waals surface area contributed by atoms with Gasteiger partial charge in [-0.1, -0.05) is 68.4 Å². The summed E-state index contributed by atoms with van der Waals surface area (Å²) in [7, 11) is 0. The summed E-state index contributed by atoms with van der Waals surface area (Å²) in [6.45, 7) is 8.18. The Morgan fingerprint density at radius 3 is 2.20 bits per heavy atom. The van der Waals surface area contributed by atoms with Gasteiger partial charge in [-0.15, -0.1) is 0 Å². The lowest BCUT2D eigenvalue weighted by molar-refractivity contribution is 0.170. The van der Waals surface area contributed by atoms with Crippen molar-refractivity contribution in [3.05, 3.63) is 71.3 Å². The van der Waals surface area contributed by atoms with E-state index in [2.05, 4.69) is 73.3 Å². The molecule has 2 aromatic rings. The fraction of sp³-hybridized carbons (Fsp3) is 0.519. The van der Waals surface area contributed by atoms with E-state index in [-0.39, 0.29) is 5.92 Å². The van der Waals surface area contributed by atoms with Gasteiger partial charge in [0.15, 0.2) is 0 Å². The Labute approximate surface area is 182 Å². The molecule has 1 aliphatic carbocycles. The van der Waals surface area contributed by atoms with Gasteiger partial charge in [0.25, 0.3) is 0 Å². The monoisotopic (exact) mass is 408 g/mol. The van der Waals surface area contributed by atoms with Crippen molar-refractivity contribution in [2.75, 3.05) is 6.54 Å². The van der Waals surface area contributed by atoms with E-state index in [1.807, 2.05) is 0 Å². The molecule has 0 saturated heterocycles. The molecule has 0 bridgehead atoms. The van der Waals surface area contributed by atoms with E-state index in [9.17, 15) is 4.39 Å². The Balaban J connectivity index is 0.00000101. The van der Waals surface area contributed by atoms with Crippen LogP contribution in [0.5, 0.6) is 0 Å². The fourth-order valence-corrected chi connectivity index (χ4v) is 4.24. The van der Waals surface area contributed by atoms with Crippen LogP contribution in [0.25, 0.3) is 0 Å². The molecular weight excluding hydrogens is 371 g/mol. The van der Waals surface area contributed by atoms with Gasteiger partial charge in [-0.2, -0.15) is 5.26 Å². The standard InChI is InChI=1S/C25H34FN.C2H3N/c1-3-18-27(19-21-8-6-5-7-9-21)23(4-2)15-12-20-10-13-22(14-11-20)24-16-17-25(24)26;1-2-3/h5-11,13-14,23-25H,3-4,12,15-19H2,1-2H3;1H3. The SMILES string of the molecule is CC#N.CCCN(Cc1ccccc1)C(CC)CCc1ccc(C2CCC2F)cc1. The Morgan fingerprint density at radius 1 is 1.03 bits per heavy atom. The molecule has 2 nitrogen and oxygen atoms in total. The number of halogens is 1. The molecule has 0 aliphatic heterocycles. The van der Waals surface area contributed by atoms with E-state index in [1.54, 1.807) is 6.07 Å². The average molecular weight is 409 g/mol. The zero-order valence-corrected chi connectivity index (χ0v) is 18.9. The maximum absolute atomic E-state index is 13.6. The maximum atomic E-state index is 13.6. The minimum Gasteiger partial charge on any atom is -0.296 e. The second kappa shape index (κ2) is 13.2. The fourth-order valence-electron chi connectivity index (χ4n) is 4.24. The Kier molecular flexibility index (Phi) is 10.6. The molecule has 3 atom stereocenters. The average Bonchev–Trinajstić information content (AvgIpc) is 2.75. The summed E-state index contributed by atoms with van der Waals surface area (Å²) in [5.74, 6) is 0.147. The van der Waals surface area contributed by atoms with Gasteiger partial charge in [0.05, 0.1) is 6.07 Å². The normalized spacial score (nSPS) is 18.7. The zero-order valence-electron chi connectivity index (χ0n) is 18.9. The van der Waals surface area contributed by atoms with Crippen LogP contribution >= 0.6 is 0 Å². The van der Waals surface area contributed by atoms with Crippen molar-refractivity contribution in [2.24, 2.45) is 0 Å². The molecule has 30 heavy (non-hydrogen) atoms. The van der Waals surface area contributed by atoms with E-state index < -0.39 is 6.17 Å². The molecule has 2 aromatic carbocycles. The minimum atomic E-state index is -0.624. The van der Waals surface area contributed by atoms with Crippen LogP contribution in [-0.2, 0) is 13.0 Å². The number of alkyl halides is 1. The van der Waals surface area contributed by atoms with Crippen LogP contribution in [0.1, 0.15) is 75.5 Å². The second-order valence-corrected chi connectivity index (χ2v) is 8.22. The topological polar surface area (TPSA) is 27.0 Å². The van der Waals surface area contributed by atoms with E-state index >= 15 is 0 Å². The van der Waals surface area contributed by atoms with Crippen LogP contribution in [0, 0.1) is 11.3 Å². The van der Waals surface area contributed by atoms with Crippen molar-refractivity contribution in [3.63, 3.8) is 0 Å². The number of hydrogen-bond donors (Lipinski definition) is 0. The van der Waals surface area contributed by atoms with Crippen molar-refractivity contribution >= 4 is 0 Å². The Hall–Kier alpha value is -2.18. The third-order valence-corrected chi connectivity index (χ3v) is 6.09. The summed E-state index contributed by atoms with van der Waals surface area (Å²) in [6, 6.07) is 21.9. The van der Waals surface area contributed by atoms with Crippen molar-refractivity contribution in [1.29, 1.82) is 5.26 Å². The van der Waals surface area contributed by atoms with Crippen molar-refractivity contribution < 1.29 is 4.39 Å². The van der Waals surface area contributed by atoms with Crippen molar-refractivity contribution in [1.82, 2.24) is 4.90 Å². The van der Waals surface area contributed by atoms with Crippen molar-refractivity contribution in [2.45, 2.75) is 84.0 Å². The molecule has 0 radical (unpaired) electrons. The number of nitriles is 1. The molecule has 1 fully saturated rings. The van der Waals surface area contributed by atoms with E-state index in [0.29, 0.717) is 6.04 Å². The van der Waals surface area contributed by atoms with E-state index in [0.717, 1.165) is 32.4 Å². The predicted molar refractivity (Wildman–Crippen MR) is 124 cm³/mol. The quantitative estimate of drug-likeness (QED) is 0.421. The first-order chi connectivity index (χ1) is 14.6. The predicted octanol–water partition coefficient (Wildman–Crippen LogP) is 7.06. The lowest BCUT2D eigenvalue weighted by atomic mass is 9.78. The van der Waals surface area contributed by atoms with Gasteiger partial charge >= 0.3 is 0 Å². The van der Waals surface area contributed by atoms with Crippen LogP contribution in [0.4, 0.5) is 4.39 Å². The number of benzene rings is 2. The van der Waals surface area contributed by atoms with Gasteiger partial charge < -0.3 is 0 Å². The summed E-state index contributed by atoms with van der Waals surface area (Å²) in [6.07, 6.45) is 5.75. The summed E-state index contributed by atoms with van der Waals surface area (Å²) < 4.78 is 13.6. The Morgan fingerprint density at radius 2 is 1.70 bits per heavy atom. The highest BCUT2D eigenvalue weighted by Gasteiger charge is 2.31. The third kappa shape index (κ3) is 7.26. The maximum Gasteiger partial charge on any atom is 0.107 e. The van der Waals surface area contributed by atoms with Gasteiger partial charge in [-0.3, -0.25) is 4.90 Å². The van der Waals surface area contributed by atoms with Gasteiger partial charge in [0.2, 0.25) is 0 Å². The molecule has 1 aliphatic rings. The highest BCUT2D eigenvalue weighted by atomic mass is 19.1. The molecule has 3 heteroatoms. The molecule has 0 amide bonds. The number of hydrogen-bond acceptors (Lipinski definition) is 2. The first-order valence-corrected chi connectivity index (χ1v) is 11.4. The van der Waals surface area contributed by atoms with Gasteiger partial charge in [0.1, 0.15) is 6.17 Å². The second-order valence-electron chi connectivity index (χ2n) is 8.22. The van der Waals surface area contributed by atoms with Crippen molar-refractivity contribution in [3.8, 4) is 6.07 Å². The molecule has 1 saturated carbocycles. The van der Waals surface area contributed by atoms with Gasteiger partial charge in [-0.05, 0) is 61.8 Å². The lowest BCUT2D eigenvalue weighted by Crippen LogP contribution is -2.35. The number of aryl methyl sites for hydroxylation is 1. The molecule has 3 unspecified atom stereocenters. The molecular formula is C27H37FN2. The Bertz CT molecular complexity index is 751. The lowest BCUT2D eigenvalue weighted by Gasteiger charge is -2.31. The molecule has 3 rings (SSSR count). The summed E-state index contributed by atoms with van der Waals surface area (Å²) in [5, 5.41) is 7.32. The molecule has 162 valence electrons. The number of rotatable bonds is 10. The van der Waals surface area contributed by atoms with Gasteiger partial charge in [-0.25, -0.2) is 4.39 Å². The molecule has 0 N–H and O–H groups in total. The van der Waals surface area contributed by atoms with Gasteiger partial charge in [0, 0.05) is 25.4 Å². The third-order valence-electron chi connectivity index (χ3n) is 6.09. The van der Waals surface area contributed by atoms with Crippen LogP contribution in [-0.4, -0.2) is 23.7 Å². The summed E-state index contributed by atoms with van der Waals surface area (Å²) >= 11 is 0. The summed E-state index contributed by atoms with van der Waals surface area (Å²) in [5.41, 5.74) is 3.96. The van der Waals surface area contributed by atoms with Crippen LogP contribution < -0.4 is 0 Å². The minimum absolute atomic E-state index is 0.147. The first kappa shape index (κ1) is 24.1. The molecule has 0 spiro atoms. The highest BCUT2D eigenvalue weighted by molar-refractivity contribution is 5.28. The number of nitrogens with zero attached hydrogens (tertiary/aromatic N) is 2. The van der Waals surface area contributed by atoms with Crippen LogP contribution in [0.2, 0.25) is 0 Å².